The van der Waals surface area contributed by atoms with Crippen LogP contribution in [0.25, 0.3) is 10.9 Å². The van der Waals surface area contributed by atoms with Gasteiger partial charge in [-0.3, -0.25) is 9.78 Å². The highest BCUT2D eigenvalue weighted by Gasteiger charge is 2.18. The van der Waals surface area contributed by atoms with Crippen LogP contribution >= 0.6 is 0 Å². The number of aromatic amines is 1. The highest BCUT2D eigenvalue weighted by Crippen LogP contribution is 2.23. The van der Waals surface area contributed by atoms with Gasteiger partial charge in [0.2, 0.25) is 5.89 Å². The Morgan fingerprint density at radius 3 is 2.96 bits per heavy atom. The average Bonchev–Trinajstić information content (AvgIpc) is 3.37. The molecule has 1 aromatic carbocycles. The summed E-state index contributed by atoms with van der Waals surface area (Å²) in [6, 6.07) is 9.53. The fraction of sp³-hybridized carbons (Fsp3) is 0.158. The maximum absolute atomic E-state index is 12.4. The van der Waals surface area contributed by atoms with Crippen LogP contribution in [0.15, 0.2) is 59.6 Å². The summed E-state index contributed by atoms with van der Waals surface area (Å²) in [5.41, 5.74) is 0.986. The predicted octanol–water partition coefficient (Wildman–Crippen LogP) is 2.80. The van der Waals surface area contributed by atoms with Crippen molar-refractivity contribution >= 4 is 16.8 Å². The third kappa shape index (κ3) is 3.64. The van der Waals surface area contributed by atoms with E-state index < -0.39 is 0 Å². The van der Waals surface area contributed by atoms with E-state index >= 15 is 0 Å². The van der Waals surface area contributed by atoms with E-state index in [9.17, 15) is 4.79 Å². The number of carbonyl (C=O) groups is 1. The Kier molecular flexibility index (Phi) is 4.52. The van der Waals surface area contributed by atoms with Crippen molar-refractivity contribution in [3.05, 3.63) is 72.6 Å². The Bertz CT molecular complexity index is 1050. The zero-order valence-corrected chi connectivity index (χ0v) is 14.6. The van der Waals surface area contributed by atoms with Crippen LogP contribution in [0.3, 0.4) is 0 Å². The molecule has 4 rings (SSSR count). The van der Waals surface area contributed by atoms with E-state index in [4.69, 9.17) is 9.15 Å². The Labute approximate surface area is 154 Å². The van der Waals surface area contributed by atoms with E-state index in [1.807, 2.05) is 30.3 Å². The first-order valence-corrected chi connectivity index (χ1v) is 8.35. The van der Waals surface area contributed by atoms with E-state index in [1.165, 1.54) is 11.2 Å². The summed E-state index contributed by atoms with van der Waals surface area (Å²) in [6.45, 7) is 0.455. The molecule has 0 saturated heterocycles. The Morgan fingerprint density at radius 2 is 2.11 bits per heavy atom. The molecule has 8 nitrogen and oxygen atoms in total. The van der Waals surface area contributed by atoms with Gasteiger partial charge >= 0.3 is 0 Å². The monoisotopic (exact) mass is 363 g/mol. The van der Waals surface area contributed by atoms with Gasteiger partial charge in [-0.25, -0.2) is 9.97 Å². The van der Waals surface area contributed by atoms with Gasteiger partial charge in [-0.2, -0.15) is 0 Å². The smallest absolute Gasteiger partial charge is 0.275 e. The number of para-hydroxylation sites is 1. The Morgan fingerprint density at radius 1 is 1.22 bits per heavy atom. The van der Waals surface area contributed by atoms with Crippen LogP contribution in [0.1, 0.15) is 22.2 Å². The first-order chi connectivity index (χ1) is 13.2. The van der Waals surface area contributed by atoms with E-state index in [0.29, 0.717) is 24.0 Å². The molecule has 0 aliphatic rings. The van der Waals surface area contributed by atoms with E-state index in [1.54, 1.807) is 25.6 Å². The molecule has 0 unspecified atom stereocenters. The summed E-state index contributed by atoms with van der Waals surface area (Å²) >= 11 is 0. The number of nitrogens with one attached hydrogen (secondary N) is 1. The number of hydrogen-bond donors (Lipinski definition) is 1. The normalized spacial score (nSPS) is 10.9. The Balaban J connectivity index is 1.42. The molecule has 0 fully saturated rings. The lowest BCUT2D eigenvalue weighted by molar-refractivity contribution is 0.0776. The lowest BCUT2D eigenvalue weighted by Gasteiger charge is -2.13. The van der Waals surface area contributed by atoms with Gasteiger partial charge in [0.25, 0.3) is 5.91 Å². The molecule has 0 aliphatic heterocycles. The first kappa shape index (κ1) is 16.8. The summed E-state index contributed by atoms with van der Waals surface area (Å²) in [7, 11) is 1.68. The molecule has 4 aromatic rings. The summed E-state index contributed by atoms with van der Waals surface area (Å²) in [5, 5.41) is 0.984. The number of rotatable bonds is 6. The van der Waals surface area contributed by atoms with E-state index in [0.717, 1.165) is 10.9 Å². The molecule has 0 atom stereocenters. The number of imidazole rings is 1. The van der Waals surface area contributed by atoms with Crippen LogP contribution in [0.2, 0.25) is 0 Å². The standard InChI is InChI=1S/C19H17N5O3/c1-24(10-16-20-8-9-21-16)19(25)14-11-27-17(23-14)12-26-15-6-2-4-13-5-3-7-22-18(13)15/h2-9,11H,10,12H2,1H3,(H,20,21). The fourth-order valence-electron chi connectivity index (χ4n) is 2.68. The number of fused-ring (bicyclic) bond motifs is 1. The van der Waals surface area contributed by atoms with Gasteiger partial charge < -0.3 is 19.0 Å². The fourth-order valence-corrected chi connectivity index (χ4v) is 2.68. The number of H-pyrrole nitrogens is 1. The number of benzene rings is 1. The molecule has 0 bridgehead atoms. The molecule has 27 heavy (non-hydrogen) atoms. The number of carbonyl (C=O) groups excluding carboxylic acids is 1. The molecule has 0 radical (unpaired) electrons. The number of nitrogens with zero attached hydrogens (tertiary/aromatic N) is 4. The molecule has 3 heterocycles. The number of aromatic nitrogens is 4. The van der Waals surface area contributed by atoms with Crippen LogP contribution in [-0.2, 0) is 13.2 Å². The van der Waals surface area contributed by atoms with E-state index in [-0.39, 0.29) is 18.2 Å². The highest BCUT2D eigenvalue weighted by atomic mass is 16.5. The van der Waals surface area contributed by atoms with Gasteiger partial charge in [0.15, 0.2) is 12.3 Å². The minimum atomic E-state index is -0.256. The Hall–Kier alpha value is -3.68. The zero-order valence-electron chi connectivity index (χ0n) is 14.6. The summed E-state index contributed by atoms with van der Waals surface area (Å²) < 4.78 is 11.2. The molecule has 8 heteroatoms. The van der Waals surface area contributed by atoms with Gasteiger partial charge in [-0.05, 0) is 12.1 Å². The molecule has 0 saturated carbocycles. The number of ether oxygens (including phenoxy) is 1. The van der Waals surface area contributed by atoms with Crippen LogP contribution < -0.4 is 4.74 Å². The minimum absolute atomic E-state index is 0.102. The number of hydrogen-bond acceptors (Lipinski definition) is 6. The predicted molar refractivity (Wildman–Crippen MR) is 97.0 cm³/mol. The SMILES string of the molecule is CN(Cc1ncc[nH]1)C(=O)c1coc(COc2cccc3cccnc23)n1. The molecule has 3 aromatic heterocycles. The topological polar surface area (TPSA) is 97.1 Å². The quantitative estimate of drug-likeness (QED) is 0.566. The molecule has 0 aliphatic carbocycles. The van der Waals surface area contributed by atoms with Crippen molar-refractivity contribution in [2.75, 3.05) is 7.05 Å². The van der Waals surface area contributed by atoms with Crippen molar-refractivity contribution in [2.45, 2.75) is 13.2 Å². The second kappa shape index (κ2) is 7.28. The van der Waals surface area contributed by atoms with Gasteiger partial charge in [-0.15, -0.1) is 0 Å². The number of oxazole rings is 1. The molecule has 136 valence electrons. The summed E-state index contributed by atoms with van der Waals surface area (Å²) in [5.74, 6) is 1.39. The van der Waals surface area contributed by atoms with Crippen molar-refractivity contribution in [3.8, 4) is 5.75 Å². The third-order valence-electron chi connectivity index (χ3n) is 4.01. The van der Waals surface area contributed by atoms with E-state index in [2.05, 4.69) is 19.9 Å². The number of amides is 1. The highest BCUT2D eigenvalue weighted by molar-refractivity contribution is 5.91. The van der Waals surface area contributed by atoms with Gasteiger partial charge in [-0.1, -0.05) is 18.2 Å². The van der Waals surface area contributed by atoms with Crippen molar-refractivity contribution in [1.29, 1.82) is 0 Å². The lowest BCUT2D eigenvalue weighted by atomic mass is 10.2. The van der Waals surface area contributed by atoms with Crippen LogP contribution in [-0.4, -0.2) is 37.8 Å². The number of pyridine rings is 1. The summed E-state index contributed by atoms with van der Waals surface area (Å²) in [4.78, 5) is 29.6. The first-order valence-electron chi connectivity index (χ1n) is 8.35. The van der Waals surface area contributed by atoms with Crippen molar-refractivity contribution < 1.29 is 13.9 Å². The van der Waals surface area contributed by atoms with Crippen LogP contribution in [0.4, 0.5) is 0 Å². The molecule has 0 spiro atoms. The van der Waals surface area contributed by atoms with Crippen LogP contribution in [0.5, 0.6) is 5.75 Å². The minimum Gasteiger partial charge on any atom is -0.482 e. The second-order valence-corrected chi connectivity index (χ2v) is 5.94. The van der Waals surface area contributed by atoms with Crippen molar-refractivity contribution in [1.82, 2.24) is 24.8 Å². The van der Waals surface area contributed by atoms with Gasteiger partial charge in [0.1, 0.15) is 23.4 Å². The maximum atomic E-state index is 12.4. The average molecular weight is 363 g/mol. The largest absolute Gasteiger partial charge is 0.482 e. The molecular weight excluding hydrogens is 346 g/mol. The van der Waals surface area contributed by atoms with Gasteiger partial charge in [0.05, 0.1) is 6.54 Å². The zero-order chi connectivity index (χ0) is 18.6. The third-order valence-corrected chi connectivity index (χ3v) is 4.01. The maximum Gasteiger partial charge on any atom is 0.275 e. The van der Waals surface area contributed by atoms with Gasteiger partial charge in [0, 0.05) is 31.0 Å². The second-order valence-electron chi connectivity index (χ2n) is 5.94. The molecule has 1 N–H and O–H groups in total. The van der Waals surface area contributed by atoms with Crippen molar-refractivity contribution in [2.24, 2.45) is 0 Å². The summed E-state index contributed by atoms with van der Waals surface area (Å²) in [6.07, 6.45) is 6.40. The van der Waals surface area contributed by atoms with Crippen molar-refractivity contribution in [3.63, 3.8) is 0 Å². The lowest BCUT2D eigenvalue weighted by Crippen LogP contribution is -2.27. The molecule has 1 amide bonds. The molecular formula is C19H17N5O3. The van der Waals surface area contributed by atoms with Crippen LogP contribution in [0, 0.1) is 0 Å².